The standard InChI is InChI=1S/C14H14F3N3O2/c1-8-12(19-9(2)22-8)13(21)20-11-5-3-4-10(6-11)18-7-14(15,16)17/h3-6,18H,7H2,1-2H3,(H,20,21). The Balaban J connectivity index is 2.07. The summed E-state index contributed by atoms with van der Waals surface area (Å²) >= 11 is 0. The van der Waals surface area contributed by atoms with Gasteiger partial charge in [-0.15, -0.1) is 0 Å². The molecule has 118 valence electrons. The van der Waals surface area contributed by atoms with Gasteiger partial charge in [-0.3, -0.25) is 4.79 Å². The van der Waals surface area contributed by atoms with Crippen molar-refractivity contribution in [2.24, 2.45) is 0 Å². The van der Waals surface area contributed by atoms with E-state index in [4.69, 9.17) is 4.42 Å². The molecule has 0 aliphatic carbocycles. The van der Waals surface area contributed by atoms with E-state index in [1.807, 2.05) is 0 Å². The molecule has 0 fully saturated rings. The number of aromatic nitrogens is 1. The van der Waals surface area contributed by atoms with Crippen molar-refractivity contribution in [1.82, 2.24) is 4.98 Å². The van der Waals surface area contributed by atoms with Crippen LogP contribution in [0, 0.1) is 13.8 Å². The van der Waals surface area contributed by atoms with Gasteiger partial charge in [-0.2, -0.15) is 13.2 Å². The Bertz CT molecular complexity index is 680. The minimum Gasteiger partial charge on any atom is -0.445 e. The summed E-state index contributed by atoms with van der Waals surface area (Å²) in [5.74, 6) is 0.256. The van der Waals surface area contributed by atoms with Crippen LogP contribution in [0.5, 0.6) is 0 Å². The lowest BCUT2D eigenvalue weighted by atomic mass is 10.2. The second-order valence-electron chi connectivity index (χ2n) is 4.64. The predicted octanol–water partition coefficient (Wildman–Crippen LogP) is 3.52. The van der Waals surface area contributed by atoms with E-state index in [2.05, 4.69) is 15.6 Å². The largest absolute Gasteiger partial charge is 0.445 e. The van der Waals surface area contributed by atoms with Crippen molar-refractivity contribution in [3.8, 4) is 0 Å². The van der Waals surface area contributed by atoms with Crippen LogP contribution in [-0.4, -0.2) is 23.6 Å². The average Bonchev–Trinajstić information content (AvgIpc) is 2.75. The molecular weight excluding hydrogens is 299 g/mol. The highest BCUT2D eigenvalue weighted by Gasteiger charge is 2.26. The third-order valence-corrected chi connectivity index (χ3v) is 2.73. The molecule has 0 aliphatic heterocycles. The van der Waals surface area contributed by atoms with E-state index < -0.39 is 18.6 Å². The van der Waals surface area contributed by atoms with E-state index >= 15 is 0 Å². The topological polar surface area (TPSA) is 67.2 Å². The van der Waals surface area contributed by atoms with Crippen molar-refractivity contribution in [3.05, 3.63) is 41.6 Å². The second-order valence-corrected chi connectivity index (χ2v) is 4.64. The molecule has 8 heteroatoms. The fourth-order valence-electron chi connectivity index (χ4n) is 1.84. The van der Waals surface area contributed by atoms with Gasteiger partial charge in [0, 0.05) is 18.3 Å². The summed E-state index contributed by atoms with van der Waals surface area (Å²) in [5, 5.41) is 4.81. The molecule has 0 spiro atoms. The Hall–Kier alpha value is -2.51. The fourth-order valence-corrected chi connectivity index (χ4v) is 1.84. The Kier molecular flexibility index (Phi) is 4.39. The smallest absolute Gasteiger partial charge is 0.405 e. The van der Waals surface area contributed by atoms with Crippen molar-refractivity contribution >= 4 is 17.3 Å². The molecule has 0 bridgehead atoms. The first-order chi connectivity index (χ1) is 10.2. The third-order valence-electron chi connectivity index (χ3n) is 2.73. The van der Waals surface area contributed by atoms with Crippen molar-refractivity contribution < 1.29 is 22.4 Å². The molecule has 2 aromatic rings. The normalized spacial score (nSPS) is 11.3. The number of carbonyl (C=O) groups excluding carboxylic acids is 1. The number of halogens is 3. The first-order valence-electron chi connectivity index (χ1n) is 6.41. The van der Waals surface area contributed by atoms with Crippen LogP contribution in [0.2, 0.25) is 0 Å². The van der Waals surface area contributed by atoms with Gasteiger partial charge in [0.2, 0.25) is 0 Å². The van der Waals surface area contributed by atoms with E-state index in [0.29, 0.717) is 17.3 Å². The van der Waals surface area contributed by atoms with E-state index in [1.165, 1.54) is 18.2 Å². The van der Waals surface area contributed by atoms with Crippen LogP contribution in [0.1, 0.15) is 22.1 Å². The zero-order valence-electron chi connectivity index (χ0n) is 11.9. The van der Waals surface area contributed by atoms with Gasteiger partial charge in [-0.25, -0.2) is 4.98 Å². The van der Waals surface area contributed by atoms with E-state index in [-0.39, 0.29) is 11.4 Å². The Morgan fingerprint density at radius 2 is 1.95 bits per heavy atom. The predicted molar refractivity (Wildman–Crippen MR) is 74.9 cm³/mol. The molecular formula is C14H14F3N3O2. The minimum atomic E-state index is -4.31. The maximum absolute atomic E-state index is 12.2. The van der Waals surface area contributed by atoms with E-state index in [0.717, 1.165) is 0 Å². The van der Waals surface area contributed by atoms with E-state index in [9.17, 15) is 18.0 Å². The molecule has 2 rings (SSSR count). The third kappa shape index (κ3) is 4.24. The summed E-state index contributed by atoms with van der Waals surface area (Å²) in [6.45, 7) is 2.08. The molecule has 1 amide bonds. The lowest BCUT2D eigenvalue weighted by molar-refractivity contribution is -0.115. The van der Waals surface area contributed by atoms with Gasteiger partial charge in [0.15, 0.2) is 11.6 Å². The van der Waals surface area contributed by atoms with Gasteiger partial charge in [0.05, 0.1) is 0 Å². The number of hydrogen-bond donors (Lipinski definition) is 2. The number of carbonyl (C=O) groups is 1. The molecule has 0 saturated heterocycles. The lowest BCUT2D eigenvalue weighted by Gasteiger charge is -2.11. The number of benzene rings is 1. The van der Waals surface area contributed by atoms with Gasteiger partial charge in [0.1, 0.15) is 12.3 Å². The van der Waals surface area contributed by atoms with Crippen LogP contribution < -0.4 is 10.6 Å². The maximum Gasteiger partial charge on any atom is 0.405 e. The van der Waals surface area contributed by atoms with Crippen LogP contribution in [0.4, 0.5) is 24.5 Å². The maximum atomic E-state index is 12.2. The van der Waals surface area contributed by atoms with Gasteiger partial charge >= 0.3 is 6.18 Å². The second kappa shape index (κ2) is 6.08. The van der Waals surface area contributed by atoms with Gasteiger partial charge in [-0.05, 0) is 25.1 Å². The molecule has 22 heavy (non-hydrogen) atoms. The molecule has 1 aromatic carbocycles. The number of anilines is 2. The van der Waals surface area contributed by atoms with Crippen molar-refractivity contribution in [1.29, 1.82) is 0 Å². The molecule has 0 unspecified atom stereocenters. The molecule has 0 radical (unpaired) electrons. The van der Waals surface area contributed by atoms with Crippen LogP contribution in [-0.2, 0) is 0 Å². The van der Waals surface area contributed by atoms with Crippen LogP contribution in [0.3, 0.4) is 0 Å². The van der Waals surface area contributed by atoms with Crippen LogP contribution in [0.25, 0.3) is 0 Å². The number of rotatable bonds is 4. The number of amides is 1. The van der Waals surface area contributed by atoms with Crippen molar-refractivity contribution in [3.63, 3.8) is 0 Å². The van der Waals surface area contributed by atoms with Crippen molar-refractivity contribution in [2.45, 2.75) is 20.0 Å². The summed E-state index contributed by atoms with van der Waals surface area (Å²) in [7, 11) is 0. The molecule has 1 heterocycles. The Morgan fingerprint density at radius 3 is 2.55 bits per heavy atom. The number of hydrogen-bond acceptors (Lipinski definition) is 4. The van der Waals surface area contributed by atoms with Crippen molar-refractivity contribution in [2.75, 3.05) is 17.2 Å². The lowest BCUT2D eigenvalue weighted by Crippen LogP contribution is -2.21. The highest BCUT2D eigenvalue weighted by Crippen LogP contribution is 2.20. The molecule has 2 N–H and O–H groups in total. The minimum absolute atomic E-state index is 0.145. The number of alkyl halides is 3. The van der Waals surface area contributed by atoms with E-state index in [1.54, 1.807) is 19.9 Å². The SMILES string of the molecule is Cc1nc(C(=O)Nc2cccc(NCC(F)(F)F)c2)c(C)o1. The van der Waals surface area contributed by atoms with Gasteiger partial charge in [0.25, 0.3) is 5.91 Å². The Labute approximate surface area is 124 Å². The number of nitrogens with one attached hydrogen (secondary N) is 2. The summed E-state index contributed by atoms with van der Waals surface area (Å²) in [6, 6.07) is 5.99. The zero-order chi connectivity index (χ0) is 16.3. The summed E-state index contributed by atoms with van der Waals surface area (Å²) in [6.07, 6.45) is -4.31. The first kappa shape index (κ1) is 15.9. The highest BCUT2D eigenvalue weighted by atomic mass is 19.4. The van der Waals surface area contributed by atoms with Gasteiger partial charge in [-0.1, -0.05) is 6.07 Å². The molecule has 1 aromatic heterocycles. The van der Waals surface area contributed by atoms with Gasteiger partial charge < -0.3 is 15.1 Å². The summed E-state index contributed by atoms with van der Waals surface area (Å²) in [4.78, 5) is 16.0. The highest BCUT2D eigenvalue weighted by molar-refractivity contribution is 6.03. The first-order valence-corrected chi connectivity index (χ1v) is 6.41. The monoisotopic (exact) mass is 313 g/mol. The quantitative estimate of drug-likeness (QED) is 0.906. The zero-order valence-corrected chi connectivity index (χ0v) is 11.9. The molecule has 0 aliphatic rings. The molecule has 5 nitrogen and oxygen atoms in total. The Morgan fingerprint density at radius 1 is 1.27 bits per heavy atom. The summed E-state index contributed by atoms with van der Waals surface area (Å²) < 4.78 is 41.7. The number of aryl methyl sites for hydroxylation is 2. The molecule has 0 atom stereocenters. The summed E-state index contributed by atoms with van der Waals surface area (Å²) in [5.41, 5.74) is 0.756. The molecule has 0 saturated carbocycles. The number of nitrogens with zero attached hydrogens (tertiary/aromatic N) is 1. The average molecular weight is 313 g/mol. The number of oxazole rings is 1. The van der Waals surface area contributed by atoms with Crippen LogP contribution in [0.15, 0.2) is 28.7 Å². The fraction of sp³-hybridized carbons (Fsp3) is 0.286. The van der Waals surface area contributed by atoms with Crippen LogP contribution >= 0.6 is 0 Å².